The number of rotatable bonds is 0. The topological polar surface area (TPSA) is 37.1 Å². The van der Waals surface area contributed by atoms with E-state index in [9.17, 15) is 9.59 Å². The second kappa shape index (κ2) is 1.00. The predicted octanol–water partition coefficient (Wildman–Crippen LogP) is -1.18. The Hall–Kier alpha value is -0.700. The maximum Gasteiger partial charge on any atom is 0.218 e. The lowest BCUT2D eigenvalue weighted by atomic mass is 10.2. The van der Waals surface area contributed by atoms with Crippen molar-refractivity contribution in [1.82, 2.24) is 4.90 Å². The molecule has 3 heteroatoms. The summed E-state index contributed by atoms with van der Waals surface area (Å²) < 4.78 is 0. The van der Waals surface area contributed by atoms with Gasteiger partial charge in [0.2, 0.25) is 11.6 Å². The van der Waals surface area contributed by atoms with E-state index in [1.54, 1.807) is 0 Å². The van der Waals surface area contributed by atoms with Crippen LogP contribution in [0.15, 0.2) is 0 Å². The first-order chi connectivity index (χ1) is 3.79. The molecule has 0 aliphatic carbocycles. The van der Waals surface area contributed by atoms with E-state index in [1.165, 1.54) is 0 Å². The van der Waals surface area contributed by atoms with Gasteiger partial charge in [0.05, 0.1) is 12.6 Å². The maximum atomic E-state index is 10.6. The number of carbonyl (C=O) groups is 2. The summed E-state index contributed by atoms with van der Waals surface area (Å²) >= 11 is 0. The van der Waals surface area contributed by atoms with Crippen LogP contribution >= 0.6 is 0 Å². The average molecular weight is 111 g/mol. The molecule has 0 spiro atoms. The van der Waals surface area contributed by atoms with Gasteiger partial charge < -0.3 is 0 Å². The molecular formula is C5H5NO2. The molecule has 0 aromatic carbocycles. The van der Waals surface area contributed by atoms with Crippen LogP contribution in [0.5, 0.6) is 0 Å². The quantitative estimate of drug-likeness (QED) is 0.292. The van der Waals surface area contributed by atoms with Gasteiger partial charge in [-0.3, -0.25) is 14.5 Å². The van der Waals surface area contributed by atoms with Crippen molar-refractivity contribution in [3.05, 3.63) is 0 Å². The Labute approximate surface area is 46.3 Å². The minimum absolute atomic E-state index is 0.00231. The van der Waals surface area contributed by atoms with Gasteiger partial charge in [0.25, 0.3) is 0 Å². The maximum absolute atomic E-state index is 10.6. The molecule has 2 fully saturated rings. The molecular weight excluding hydrogens is 106 g/mol. The first-order valence-corrected chi connectivity index (χ1v) is 2.60. The molecule has 0 bridgehead atoms. The van der Waals surface area contributed by atoms with E-state index in [0.717, 1.165) is 6.54 Å². The zero-order chi connectivity index (χ0) is 5.72. The summed E-state index contributed by atoms with van der Waals surface area (Å²) in [5, 5.41) is 0. The standard InChI is InChI=1S/C5H5NO2/c7-4-2-6-1-3(6)5(4)8/h3H,1-2H2. The summed E-state index contributed by atoms with van der Waals surface area (Å²) in [6.45, 7) is 1.20. The summed E-state index contributed by atoms with van der Waals surface area (Å²) in [6, 6.07) is 0.00231. The fraction of sp³-hybridized carbons (Fsp3) is 0.600. The number of hydrogen-bond acceptors (Lipinski definition) is 3. The summed E-state index contributed by atoms with van der Waals surface area (Å²) in [5.74, 6) is -0.383. The van der Waals surface area contributed by atoms with Gasteiger partial charge >= 0.3 is 0 Å². The molecule has 3 nitrogen and oxygen atoms in total. The van der Waals surface area contributed by atoms with Gasteiger partial charge in [-0.15, -0.1) is 0 Å². The molecule has 0 aromatic rings. The van der Waals surface area contributed by atoms with E-state index in [4.69, 9.17) is 0 Å². The second-order valence-corrected chi connectivity index (χ2v) is 2.23. The van der Waals surface area contributed by atoms with Gasteiger partial charge in [-0.1, -0.05) is 0 Å². The number of carbonyl (C=O) groups excluding carboxylic acids is 2. The molecule has 0 N–H and O–H groups in total. The van der Waals surface area contributed by atoms with E-state index in [1.807, 2.05) is 4.90 Å². The van der Waals surface area contributed by atoms with E-state index in [2.05, 4.69) is 0 Å². The number of nitrogens with zero attached hydrogens (tertiary/aromatic N) is 1. The van der Waals surface area contributed by atoms with Crippen LogP contribution in [-0.4, -0.2) is 35.6 Å². The van der Waals surface area contributed by atoms with Crippen molar-refractivity contribution in [2.24, 2.45) is 0 Å². The lowest BCUT2D eigenvalue weighted by Crippen LogP contribution is -2.15. The highest BCUT2D eigenvalue weighted by atomic mass is 16.2. The van der Waals surface area contributed by atoms with Gasteiger partial charge in [0.15, 0.2) is 0 Å². The zero-order valence-electron chi connectivity index (χ0n) is 4.26. The van der Waals surface area contributed by atoms with Crippen molar-refractivity contribution in [1.29, 1.82) is 0 Å². The Morgan fingerprint density at radius 2 is 2.25 bits per heavy atom. The van der Waals surface area contributed by atoms with Crippen molar-refractivity contribution in [2.75, 3.05) is 13.1 Å². The van der Waals surface area contributed by atoms with E-state index < -0.39 is 0 Å². The second-order valence-electron chi connectivity index (χ2n) is 2.23. The van der Waals surface area contributed by atoms with Crippen molar-refractivity contribution in [2.45, 2.75) is 6.04 Å². The molecule has 0 saturated carbocycles. The average Bonchev–Trinajstić information content (AvgIpc) is 2.39. The Balaban J connectivity index is 2.31. The largest absolute Gasteiger partial charge is 0.289 e. The van der Waals surface area contributed by atoms with Crippen LogP contribution in [0.1, 0.15) is 0 Å². The highest BCUT2D eigenvalue weighted by Crippen LogP contribution is 2.23. The number of Topliss-reactive ketones (excluding diaryl/α,β-unsaturated/α-hetero) is 2. The molecule has 2 saturated heterocycles. The smallest absolute Gasteiger partial charge is 0.218 e. The molecule has 0 aromatic heterocycles. The summed E-state index contributed by atoms with van der Waals surface area (Å²) in [6.07, 6.45) is 0. The summed E-state index contributed by atoms with van der Waals surface area (Å²) in [7, 11) is 0. The number of hydrogen-bond donors (Lipinski definition) is 0. The Kier molecular flexibility index (Phi) is 0.526. The van der Waals surface area contributed by atoms with Crippen molar-refractivity contribution >= 4 is 11.6 Å². The molecule has 2 aliphatic rings. The van der Waals surface area contributed by atoms with E-state index in [-0.39, 0.29) is 17.6 Å². The lowest BCUT2D eigenvalue weighted by molar-refractivity contribution is -0.133. The Morgan fingerprint density at radius 3 is 2.50 bits per heavy atom. The predicted molar refractivity (Wildman–Crippen MR) is 25.4 cm³/mol. The third-order valence-electron chi connectivity index (χ3n) is 1.64. The van der Waals surface area contributed by atoms with Crippen LogP contribution in [0.2, 0.25) is 0 Å². The summed E-state index contributed by atoms with van der Waals surface area (Å²) in [4.78, 5) is 22.8. The molecule has 2 heterocycles. The number of fused-ring (bicyclic) bond motifs is 1. The Bertz CT molecular complexity index is 175. The molecule has 2 aliphatic heterocycles. The fourth-order valence-electron chi connectivity index (χ4n) is 1.05. The minimum atomic E-state index is -0.207. The van der Waals surface area contributed by atoms with Crippen LogP contribution in [0.3, 0.4) is 0 Å². The number of ketones is 2. The van der Waals surface area contributed by atoms with Gasteiger partial charge in [0, 0.05) is 6.54 Å². The molecule has 2 unspecified atom stereocenters. The van der Waals surface area contributed by atoms with Crippen LogP contribution in [-0.2, 0) is 9.59 Å². The van der Waals surface area contributed by atoms with E-state index >= 15 is 0 Å². The van der Waals surface area contributed by atoms with Gasteiger partial charge in [0.1, 0.15) is 0 Å². The third-order valence-corrected chi connectivity index (χ3v) is 1.64. The monoisotopic (exact) mass is 111 g/mol. The highest BCUT2D eigenvalue weighted by Gasteiger charge is 2.50. The van der Waals surface area contributed by atoms with Crippen LogP contribution in [0, 0.1) is 0 Å². The first kappa shape index (κ1) is 4.21. The van der Waals surface area contributed by atoms with Gasteiger partial charge in [-0.05, 0) is 0 Å². The minimum Gasteiger partial charge on any atom is -0.289 e. The van der Waals surface area contributed by atoms with E-state index in [0.29, 0.717) is 6.54 Å². The lowest BCUT2D eigenvalue weighted by Gasteiger charge is -1.82. The molecule has 2 atom stereocenters. The number of piperidine rings is 1. The van der Waals surface area contributed by atoms with Crippen molar-refractivity contribution < 1.29 is 9.59 Å². The van der Waals surface area contributed by atoms with Gasteiger partial charge in [-0.2, -0.15) is 0 Å². The molecule has 42 valence electrons. The fourth-order valence-corrected chi connectivity index (χ4v) is 1.05. The first-order valence-electron chi connectivity index (χ1n) is 2.60. The third kappa shape index (κ3) is 0.327. The molecule has 8 heavy (non-hydrogen) atoms. The van der Waals surface area contributed by atoms with Crippen LogP contribution < -0.4 is 0 Å². The summed E-state index contributed by atoms with van der Waals surface area (Å²) in [5.41, 5.74) is 0. The van der Waals surface area contributed by atoms with Crippen LogP contribution in [0.25, 0.3) is 0 Å². The Morgan fingerprint density at radius 1 is 1.50 bits per heavy atom. The SMILES string of the molecule is O=C1CN2CC2C1=O. The molecule has 0 radical (unpaired) electrons. The normalized spacial score (nSPS) is 42.5. The van der Waals surface area contributed by atoms with Crippen molar-refractivity contribution in [3.63, 3.8) is 0 Å². The van der Waals surface area contributed by atoms with Gasteiger partial charge in [-0.25, -0.2) is 0 Å². The zero-order valence-corrected chi connectivity index (χ0v) is 4.26. The molecule has 0 amide bonds. The van der Waals surface area contributed by atoms with Crippen molar-refractivity contribution in [3.8, 4) is 0 Å². The van der Waals surface area contributed by atoms with Crippen LogP contribution in [0.4, 0.5) is 0 Å². The highest BCUT2D eigenvalue weighted by molar-refractivity contribution is 6.43. The molecule has 2 rings (SSSR count).